The monoisotopic (exact) mass is 260 g/mol. The molecule has 2 rings (SSSR count). The normalized spacial score (nSPS) is 19.0. The van der Waals surface area contributed by atoms with E-state index in [2.05, 4.69) is 27.8 Å². The molecular formula is C9H13BrN2S. The lowest BCUT2D eigenvalue weighted by Crippen LogP contribution is -2.08. The van der Waals surface area contributed by atoms with Crippen molar-refractivity contribution in [3.63, 3.8) is 0 Å². The molecule has 0 radical (unpaired) electrons. The Morgan fingerprint density at radius 3 is 2.92 bits per heavy atom. The summed E-state index contributed by atoms with van der Waals surface area (Å²) in [5.41, 5.74) is 5.61. The van der Waals surface area contributed by atoms with Crippen LogP contribution in [0.4, 0.5) is 0 Å². The van der Waals surface area contributed by atoms with Gasteiger partial charge in [0.2, 0.25) is 0 Å². The third-order valence-electron chi connectivity index (χ3n) is 2.35. The van der Waals surface area contributed by atoms with E-state index in [9.17, 15) is 0 Å². The van der Waals surface area contributed by atoms with Crippen LogP contribution in [-0.4, -0.2) is 11.5 Å². The maximum absolute atomic E-state index is 5.61. The molecule has 1 atom stereocenters. The minimum Gasteiger partial charge on any atom is -0.330 e. The Labute approximate surface area is 90.7 Å². The number of aromatic nitrogens is 1. The van der Waals surface area contributed by atoms with Crippen molar-refractivity contribution in [3.05, 3.63) is 14.5 Å². The van der Waals surface area contributed by atoms with Gasteiger partial charge in [-0.2, -0.15) is 0 Å². The third kappa shape index (κ3) is 1.95. The first-order chi connectivity index (χ1) is 6.22. The smallest absolute Gasteiger partial charge is 0.120 e. The molecule has 2 N–H and O–H groups in total. The van der Waals surface area contributed by atoms with Gasteiger partial charge in [-0.05, 0) is 34.7 Å². The van der Waals surface area contributed by atoms with Gasteiger partial charge in [-0.25, -0.2) is 4.98 Å². The summed E-state index contributed by atoms with van der Waals surface area (Å²) < 4.78 is 1.05. The van der Waals surface area contributed by atoms with Crippen LogP contribution in [0.15, 0.2) is 4.60 Å². The highest BCUT2D eigenvalue weighted by atomic mass is 79.9. The van der Waals surface area contributed by atoms with Crippen LogP contribution in [0.1, 0.15) is 41.5 Å². The number of nitrogens with zero attached hydrogens (tertiary/aromatic N) is 1. The summed E-state index contributed by atoms with van der Waals surface area (Å²) in [5.74, 6) is 1.18. The zero-order valence-electron chi connectivity index (χ0n) is 7.59. The summed E-state index contributed by atoms with van der Waals surface area (Å²) in [6.45, 7) is 2.81. The average molecular weight is 261 g/mol. The standard InChI is InChI=1S/C9H13BrN2S/c1-5(4-11)9-12-8(10)7(13-9)6-2-3-6/h5-6H,2-4,11H2,1H3. The number of halogens is 1. The van der Waals surface area contributed by atoms with Gasteiger partial charge in [0.1, 0.15) is 4.60 Å². The Kier molecular flexibility index (Phi) is 2.72. The molecule has 4 heteroatoms. The van der Waals surface area contributed by atoms with Crippen molar-refractivity contribution in [2.24, 2.45) is 5.73 Å². The molecule has 1 heterocycles. The Morgan fingerprint density at radius 1 is 1.69 bits per heavy atom. The van der Waals surface area contributed by atoms with E-state index in [0.29, 0.717) is 12.5 Å². The minimum absolute atomic E-state index is 0.397. The minimum atomic E-state index is 0.397. The first-order valence-corrected chi connectivity index (χ1v) is 6.19. The van der Waals surface area contributed by atoms with Crippen molar-refractivity contribution >= 4 is 27.3 Å². The maximum atomic E-state index is 5.61. The highest BCUT2D eigenvalue weighted by Gasteiger charge is 2.29. The van der Waals surface area contributed by atoms with E-state index in [4.69, 9.17) is 5.73 Å². The molecular weight excluding hydrogens is 248 g/mol. The van der Waals surface area contributed by atoms with Crippen molar-refractivity contribution in [1.29, 1.82) is 0 Å². The summed E-state index contributed by atoms with van der Waals surface area (Å²) >= 11 is 5.34. The lowest BCUT2D eigenvalue weighted by Gasteiger charge is -2.01. The molecule has 1 unspecified atom stereocenters. The fraction of sp³-hybridized carbons (Fsp3) is 0.667. The third-order valence-corrected chi connectivity index (χ3v) is 4.67. The Morgan fingerprint density at radius 2 is 2.38 bits per heavy atom. The molecule has 0 spiro atoms. The molecule has 0 saturated heterocycles. The second-order valence-electron chi connectivity index (χ2n) is 3.62. The van der Waals surface area contributed by atoms with E-state index in [0.717, 1.165) is 10.5 Å². The lowest BCUT2D eigenvalue weighted by atomic mass is 10.2. The van der Waals surface area contributed by atoms with Crippen molar-refractivity contribution in [1.82, 2.24) is 4.98 Å². The van der Waals surface area contributed by atoms with Crippen LogP contribution in [0.3, 0.4) is 0 Å². The van der Waals surface area contributed by atoms with Crippen molar-refractivity contribution in [2.75, 3.05) is 6.54 Å². The van der Waals surface area contributed by atoms with E-state index in [1.165, 1.54) is 22.7 Å². The van der Waals surface area contributed by atoms with Crippen LogP contribution in [0, 0.1) is 0 Å². The largest absolute Gasteiger partial charge is 0.330 e. The number of nitrogens with two attached hydrogens (primary N) is 1. The molecule has 1 saturated carbocycles. The van der Waals surface area contributed by atoms with Gasteiger partial charge in [0, 0.05) is 17.3 Å². The first kappa shape index (κ1) is 9.62. The fourth-order valence-corrected chi connectivity index (χ4v) is 3.31. The van der Waals surface area contributed by atoms with Gasteiger partial charge >= 0.3 is 0 Å². The quantitative estimate of drug-likeness (QED) is 0.908. The topological polar surface area (TPSA) is 38.9 Å². The molecule has 2 nitrogen and oxygen atoms in total. The Hall–Kier alpha value is 0.0700. The molecule has 1 fully saturated rings. The van der Waals surface area contributed by atoms with E-state index < -0.39 is 0 Å². The van der Waals surface area contributed by atoms with Gasteiger partial charge in [0.15, 0.2) is 0 Å². The zero-order chi connectivity index (χ0) is 9.42. The molecule has 0 aliphatic heterocycles. The molecule has 1 aromatic heterocycles. The second kappa shape index (κ2) is 3.67. The summed E-state index contributed by atoms with van der Waals surface area (Å²) in [5, 5.41) is 1.18. The van der Waals surface area contributed by atoms with Crippen LogP contribution >= 0.6 is 27.3 Å². The highest BCUT2D eigenvalue weighted by molar-refractivity contribution is 9.10. The van der Waals surface area contributed by atoms with Crippen LogP contribution in [0.2, 0.25) is 0 Å². The lowest BCUT2D eigenvalue weighted by molar-refractivity contribution is 0.764. The molecule has 0 bridgehead atoms. The molecule has 0 aromatic carbocycles. The van der Waals surface area contributed by atoms with Crippen LogP contribution < -0.4 is 5.73 Å². The highest BCUT2D eigenvalue weighted by Crippen LogP contribution is 2.46. The van der Waals surface area contributed by atoms with Crippen molar-refractivity contribution in [3.8, 4) is 0 Å². The van der Waals surface area contributed by atoms with Crippen molar-refractivity contribution < 1.29 is 0 Å². The predicted octanol–water partition coefficient (Wildman–Crippen LogP) is 2.85. The fourth-order valence-electron chi connectivity index (χ4n) is 1.24. The van der Waals surface area contributed by atoms with E-state index in [1.807, 2.05) is 11.3 Å². The molecule has 72 valence electrons. The number of hydrogen-bond acceptors (Lipinski definition) is 3. The van der Waals surface area contributed by atoms with Gasteiger partial charge in [0.25, 0.3) is 0 Å². The maximum Gasteiger partial charge on any atom is 0.120 e. The molecule has 0 amide bonds. The zero-order valence-corrected chi connectivity index (χ0v) is 9.99. The molecule has 1 aliphatic rings. The van der Waals surface area contributed by atoms with Gasteiger partial charge in [-0.1, -0.05) is 6.92 Å². The second-order valence-corrected chi connectivity index (χ2v) is 5.43. The van der Waals surface area contributed by atoms with Gasteiger partial charge < -0.3 is 5.73 Å². The summed E-state index contributed by atoms with van der Waals surface area (Å²) in [6, 6.07) is 0. The van der Waals surface area contributed by atoms with Crippen LogP contribution in [-0.2, 0) is 0 Å². The molecule has 13 heavy (non-hydrogen) atoms. The predicted molar refractivity (Wildman–Crippen MR) is 59.3 cm³/mol. The van der Waals surface area contributed by atoms with Gasteiger partial charge in [-0.15, -0.1) is 11.3 Å². The number of hydrogen-bond donors (Lipinski definition) is 1. The van der Waals surface area contributed by atoms with E-state index in [-0.39, 0.29) is 0 Å². The summed E-state index contributed by atoms with van der Waals surface area (Å²) in [6.07, 6.45) is 2.66. The first-order valence-electron chi connectivity index (χ1n) is 4.58. The Balaban J connectivity index is 2.23. The van der Waals surface area contributed by atoms with Gasteiger partial charge in [0.05, 0.1) is 5.01 Å². The Bertz CT molecular complexity index is 307. The number of rotatable bonds is 3. The SMILES string of the molecule is CC(CN)c1nc(Br)c(C2CC2)s1. The van der Waals surface area contributed by atoms with Gasteiger partial charge in [-0.3, -0.25) is 0 Å². The van der Waals surface area contributed by atoms with E-state index in [1.54, 1.807) is 0 Å². The summed E-state index contributed by atoms with van der Waals surface area (Å²) in [4.78, 5) is 5.92. The van der Waals surface area contributed by atoms with E-state index >= 15 is 0 Å². The average Bonchev–Trinajstić information content (AvgIpc) is 2.89. The molecule has 1 aliphatic carbocycles. The molecule has 1 aromatic rings. The van der Waals surface area contributed by atoms with Crippen molar-refractivity contribution in [2.45, 2.75) is 31.6 Å². The van der Waals surface area contributed by atoms with Crippen LogP contribution in [0.5, 0.6) is 0 Å². The summed E-state index contributed by atoms with van der Waals surface area (Å²) in [7, 11) is 0. The number of thiazole rings is 1. The van der Waals surface area contributed by atoms with Crippen LogP contribution in [0.25, 0.3) is 0 Å².